The van der Waals surface area contributed by atoms with Crippen molar-refractivity contribution in [2.75, 3.05) is 13.1 Å². The number of carboxylic acids is 1. The zero-order valence-electron chi connectivity index (χ0n) is 14.9. The summed E-state index contributed by atoms with van der Waals surface area (Å²) in [7, 11) is 0. The predicted molar refractivity (Wildman–Crippen MR) is 96.4 cm³/mol. The molecule has 1 saturated heterocycles. The van der Waals surface area contributed by atoms with Crippen LogP contribution in [0.5, 0.6) is 0 Å². The second-order valence-corrected chi connectivity index (χ2v) is 7.37. The number of rotatable bonds is 6. The highest BCUT2D eigenvalue weighted by Gasteiger charge is 2.35. The fraction of sp³-hybridized carbons (Fsp3) is 0.550. The van der Waals surface area contributed by atoms with Crippen LogP contribution >= 0.6 is 0 Å². The van der Waals surface area contributed by atoms with E-state index in [4.69, 9.17) is 5.11 Å². The molecule has 0 aromatic heterocycles. The molecule has 6 heteroatoms. The summed E-state index contributed by atoms with van der Waals surface area (Å²) >= 11 is 0. The van der Waals surface area contributed by atoms with E-state index in [1.165, 1.54) is 5.56 Å². The third-order valence-electron chi connectivity index (χ3n) is 5.52. The van der Waals surface area contributed by atoms with Gasteiger partial charge in [0, 0.05) is 25.6 Å². The van der Waals surface area contributed by atoms with Crippen LogP contribution in [0.2, 0.25) is 0 Å². The van der Waals surface area contributed by atoms with Crippen molar-refractivity contribution in [3.8, 4) is 0 Å². The summed E-state index contributed by atoms with van der Waals surface area (Å²) in [4.78, 5) is 37.5. The Hall–Kier alpha value is -2.37. The zero-order valence-corrected chi connectivity index (χ0v) is 14.9. The number of nitrogens with zero attached hydrogens (tertiary/aromatic N) is 1. The number of hydrogen-bond donors (Lipinski definition) is 2. The van der Waals surface area contributed by atoms with Crippen molar-refractivity contribution in [1.82, 2.24) is 10.2 Å². The van der Waals surface area contributed by atoms with Crippen molar-refractivity contribution >= 4 is 17.8 Å². The first-order valence-electron chi connectivity index (χ1n) is 9.38. The summed E-state index contributed by atoms with van der Waals surface area (Å²) < 4.78 is 0. The number of hydrogen-bond acceptors (Lipinski definition) is 3. The third-order valence-corrected chi connectivity index (χ3v) is 5.52. The summed E-state index contributed by atoms with van der Waals surface area (Å²) in [5.41, 5.74) is 1.18. The largest absolute Gasteiger partial charge is 0.481 e. The standard InChI is InChI=1S/C20H26N2O4/c23-18-12-16(13-22(18)11-10-14-4-2-1-3-5-14)19(24)21-17-8-6-15(7-9-17)20(25)26/h1-5,15-17H,6-13H2,(H,21,24)(H,25,26)/t15?,16-,17?/m0/s1. The van der Waals surface area contributed by atoms with Crippen LogP contribution in [0.25, 0.3) is 0 Å². The Labute approximate surface area is 153 Å². The number of carbonyl (C=O) groups is 3. The number of carbonyl (C=O) groups excluding carboxylic acids is 2. The molecule has 1 saturated carbocycles. The van der Waals surface area contributed by atoms with Gasteiger partial charge in [0.25, 0.3) is 0 Å². The predicted octanol–water partition coefficient (Wildman–Crippen LogP) is 1.84. The van der Waals surface area contributed by atoms with Gasteiger partial charge in [0.05, 0.1) is 11.8 Å². The van der Waals surface area contributed by atoms with Crippen LogP contribution in [0.15, 0.2) is 30.3 Å². The minimum Gasteiger partial charge on any atom is -0.481 e. The van der Waals surface area contributed by atoms with E-state index < -0.39 is 5.97 Å². The Morgan fingerprint density at radius 1 is 1.08 bits per heavy atom. The average molecular weight is 358 g/mol. The van der Waals surface area contributed by atoms with E-state index >= 15 is 0 Å². The summed E-state index contributed by atoms with van der Waals surface area (Å²) in [6, 6.07) is 10.0. The summed E-state index contributed by atoms with van der Waals surface area (Å²) in [6.07, 6.45) is 3.66. The van der Waals surface area contributed by atoms with Crippen LogP contribution in [-0.4, -0.2) is 46.9 Å². The quantitative estimate of drug-likeness (QED) is 0.812. The summed E-state index contributed by atoms with van der Waals surface area (Å²) in [6.45, 7) is 1.11. The molecule has 26 heavy (non-hydrogen) atoms. The van der Waals surface area contributed by atoms with Crippen LogP contribution in [0.1, 0.15) is 37.7 Å². The molecule has 2 amide bonds. The molecule has 0 radical (unpaired) electrons. The van der Waals surface area contributed by atoms with Crippen LogP contribution in [0.3, 0.4) is 0 Å². The van der Waals surface area contributed by atoms with E-state index in [1.807, 2.05) is 30.3 Å². The topological polar surface area (TPSA) is 86.7 Å². The highest BCUT2D eigenvalue weighted by atomic mass is 16.4. The highest BCUT2D eigenvalue weighted by Crippen LogP contribution is 2.25. The molecule has 0 unspecified atom stereocenters. The normalized spacial score (nSPS) is 25.9. The number of aliphatic carboxylic acids is 1. The van der Waals surface area contributed by atoms with Crippen molar-refractivity contribution in [3.63, 3.8) is 0 Å². The molecule has 1 aromatic rings. The van der Waals surface area contributed by atoms with Gasteiger partial charge in [0.1, 0.15) is 0 Å². The van der Waals surface area contributed by atoms with Gasteiger partial charge in [0.15, 0.2) is 0 Å². The number of likely N-dealkylation sites (tertiary alicyclic amines) is 1. The zero-order chi connectivity index (χ0) is 18.5. The molecular formula is C20H26N2O4. The van der Waals surface area contributed by atoms with Gasteiger partial charge < -0.3 is 15.3 Å². The Balaban J connectivity index is 1.44. The highest BCUT2D eigenvalue weighted by molar-refractivity contribution is 5.89. The molecule has 0 spiro atoms. The van der Waals surface area contributed by atoms with E-state index in [1.54, 1.807) is 4.90 Å². The number of carboxylic acid groups (broad SMARTS) is 1. The Morgan fingerprint density at radius 2 is 1.77 bits per heavy atom. The van der Waals surface area contributed by atoms with Crippen molar-refractivity contribution in [1.29, 1.82) is 0 Å². The minimum absolute atomic E-state index is 0.0339. The summed E-state index contributed by atoms with van der Waals surface area (Å²) in [5.74, 6) is -1.36. The maximum absolute atomic E-state index is 12.5. The monoisotopic (exact) mass is 358 g/mol. The number of nitrogens with one attached hydrogen (secondary N) is 1. The van der Waals surface area contributed by atoms with E-state index in [9.17, 15) is 14.4 Å². The molecular weight excluding hydrogens is 332 g/mol. The lowest BCUT2D eigenvalue weighted by Crippen LogP contribution is -2.42. The first-order valence-corrected chi connectivity index (χ1v) is 9.38. The van der Waals surface area contributed by atoms with Crippen molar-refractivity contribution in [2.24, 2.45) is 11.8 Å². The van der Waals surface area contributed by atoms with Gasteiger partial charge >= 0.3 is 5.97 Å². The van der Waals surface area contributed by atoms with E-state index in [0.29, 0.717) is 38.8 Å². The maximum Gasteiger partial charge on any atom is 0.306 e. The molecule has 1 heterocycles. The smallest absolute Gasteiger partial charge is 0.306 e. The Morgan fingerprint density at radius 3 is 2.42 bits per heavy atom. The lowest BCUT2D eigenvalue weighted by molar-refractivity contribution is -0.143. The maximum atomic E-state index is 12.5. The Bertz CT molecular complexity index is 653. The lowest BCUT2D eigenvalue weighted by atomic mass is 9.86. The first-order chi connectivity index (χ1) is 12.5. The van der Waals surface area contributed by atoms with Crippen LogP contribution in [0, 0.1) is 11.8 Å². The molecule has 1 aromatic carbocycles. The average Bonchev–Trinajstić information content (AvgIpc) is 3.02. The molecule has 0 bridgehead atoms. The molecule has 1 aliphatic heterocycles. The van der Waals surface area contributed by atoms with Gasteiger partial charge in [-0.15, -0.1) is 0 Å². The second kappa shape index (κ2) is 8.34. The fourth-order valence-electron chi connectivity index (χ4n) is 3.88. The molecule has 6 nitrogen and oxygen atoms in total. The molecule has 2 fully saturated rings. The number of benzene rings is 1. The Kier molecular flexibility index (Phi) is 5.91. The fourth-order valence-corrected chi connectivity index (χ4v) is 3.88. The molecule has 2 N–H and O–H groups in total. The van der Waals surface area contributed by atoms with Crippen molar-refractivity contribution < 1.29 is 19.5 Å². The number of amides is 2. The van der Waals surface area contributed by atoms with E-state index in [0.717, 1.165) is 6.42 Å². The van der Waals surface area contributed by atoms with Crippen LogP contribution in [0.4, 0.5) is 0 Å². The van der Waals surface area contributed by atoms with Gasteiger partial charge in [-0.05, 0) is 37.7 Å². The minimum atomic E-state index is -0.745. The van der Waals surface area contributed by atoms with Crippen LogP contribution < -0.4 is 5.32 Å². The molecule has 1 atom stereocenters. The van der Waals surface area contributed by atoms with Gasteiger partial charge in [-0.25, -0.2) is 0 Å². The SMILES string of the molecule is O=C(O)C1CCC(NC(=O)[C@H]2CC(=O)N(CCc3ccccc3)C2)CC1. The second-order valence-electron chi connectivity index (χ2n) is 7.37. The van der Waals surface area contributed by atoms with Gasteiger partial charge in [0.2, 0.25) is 11.8 Å². The molecule has 1 aliphatic carbocycles. The summed E-state index contributed by atoms with van der Waals surface area (Å²) in [5, 5.41) is 12.1. The molecule has 3 rings (SSSR count). The van der Waals surface area contributed by atoms with Crippen LogP contribution in [-0.2, 0) is 20.8 Å². The molecule has 2 aliphatic rings. The lowest BCUT2D eigenvalue weighted by Gasteiger charge is -2.27. The third kappa shape index (κ3) is 4.62. The van der Waals surface area contributed by atoms with Crippen molar-refractivity contribution in [2.45, 2.75) is 44.6 Å². The van der Waals surface area contributed by atoms with E-state index in [2.05, 4.69) is 5.32 Å². The van der Waals surface area contributed by atoms with Gasteiger partial charge in [-0.1, -0.05) is 30.3 Å². The van der Waals surface area contributed by atoms with Crippen molar-refractivity contribution in [3.05, 3.63) is 35.9 Å². The molecule has 140 valence electrons. The first kappa shape index (κ1) is 18.4. The van der Waals surface area contributed by atoms with Gasteiger partial charge in [-0.3, -0.25) is 14.4 Å². The van der Waals surface area contributed by atoms with Gasteiger partial charge in [-0.2, -0.15) is 0 Å². The van der Waals surface area contributed by atoms with E-state index in [-0.39, 0.29) is 36.1 Å².